The smallest absolute Gasteiger partial charge is 0.261 e. The molecule has 1 heterocycles. The van der Waals surface area contributed by atoms with Crippen LogP contribution in [0.3, 0.4) is 0 Å². The van der Waals surface area contributed by atoms with Gasteiger partial charge in [0, 0.05) is 19.5 Å². The van der Waals surface area contributed by atoms with E-state index in [0.29, 0.717) is 25.3 Å². The summed E-state index contributed by atoms with van der Waals surface area (Å²) >= 11 is 0. The van der Waals surface area contributed by atoms with Crippen molar-refractivity contribution in [2.75, 3.05) is 6.54 Å². The number of amides is 2. The minimum absolute atomic E-state index is 0.136. The van der Waals surface area contributed by atoms with Crippen LogP contribution >= 0.6 is 0 Å². The van der Waals surface area contributed by atoms with Crippen molar-refractivity contribution in [2.24, 2.45) is 0 Å². The number of rotatable bonds is 7. The predicted octanol–water partition coefficient (Wildman–Crippen LogP) is 5.27. The third kappa shape index (κ3) is 5.73. The molecule has 1 aliphatic heterocycles. The van der Waals surface area contributed by atoms with Crippen molar-refractivity contribution in [3.8, 4) is 5.75 Å². The van der Waals surface area contributed by atoms with Crippen molar-refractivity contribution < 1.29 is 14.3 Å². The average Bonchev–Trinajstić information content (AvgIpc) is 2.86. The number of hydrogen-bond donors (Lipinski definition) is 1. The van der Waals surface area contributed by atoms with Crippen LogP contribution in [-0.4, -0.2) is 29.4 Å². The Labute approximate surface area is 208 Å². The molecule has 182 valence electrons. The number of nitrogens with one attached hydrogen (secondary N) is 1. The summed E-state index contributed by atoms with van der Waals surface area (Å²) in [4.78, 5) is 27.5. The molecule has 5 heteroatoms. The quantitative estimate of drug-likeness (QED) is 0.512. The minimum Gasteiger partial charge on any atom is -0.481 e. The first-order chi connectivity index (χ1) is 16.9. The van der Waals surface area contributed by atoms with E-state index < -0.39 is 6.10 Å². The van der Waals surface area contributed by atoms with Crippen molar-refractivity contribution in [1.82, 2.24) is 10.2 Å². The van der Waals surface area contributed by atoms with Gasteiger partial charge in [0.05, 0.1) is 6.04 Å². The molecule has 1 aliphatic rings. The van der Waals surface area contributed by atoms with E-state index in [2.05, 4.69) is 42.6 Å². The van der Waals surface area contributed by atoms with E-state index in [1.807, 2.05) is 55.1 Å². The van der Waals surface area contributed by atoms with Crippen molar-refractivity contribution in [3.63, 3.8) is 0 Å². The van der Waals surface area contributed by atoms with Crippen LogP contribution in [0.15, 0.2) is 66.7 Å². The first kappa shape index (κ1) is 24.5. The van der Waals surface area contributed by atoms with Gasteiger partial charge in [-0.1, -0.05) is 72.6 Å². The van der Waals surface area contributed by atoms with E-state index in [9.17, 15) is 9.59 Å². The molecule has 0 spiro atoms. The second kappa shape index (κ2) is 10.8. The molecule has 0 aliphatic carbocycles. The lowest BCUT2D eigenvalue weighted by Crippen LogP contribution is -2.40. The Kier molecular flexibility index (Phi) is 7.54. The maximum Gasteiger partial charge on any atom is 0.261 e. The van der Waals surface area contributed by atoms with Gasteiger partial charge in [-0.25, -0.2) is 0 Å². The largest absolute Gasteiger partial charge is 0.481 e. The monoisotopic (exact) mass is 470 g/mol. The van der Waals surface area contributed by atoms with E-state index in [-0.39, 0.29) is 17.9 Å². The van der Waals surface area contributed by atoms with Crippen LogP contribution < -0.4 is 10.1 Å². The third-order valence-corrected chi connectivity index (χ3v) is 6.56. The number of aryl methyl sites for hydroxylation is 2. The first-order valence-electron chi connectivity index (χ1n) is 12.3. The van der Waals surface area contributed by atoms with Crippen molar-refractivity contribution in [3.05, 3.63) is 100 Å². The molecule has 0 saturated carbocycles. The van der Waals surface area contributed by atoms with Gasteiger partial charge in [0.1, 0.15) is 5.75 Å². The van der Waals surface area contributed by atoms with Crippen LogP contribution in [0.25, 0.3) is 0 Å². The molecule has 2 atom stereocenters. The summed E-state index contributed by atoms with van der Waals surface area (Å²) in [6, 6.07) is 22.2. The van der Waals surface area contributed by atoms with Crippen LogP contribution in [0.2, 0.25) is 0 Å². The second-order valence-corrected chi connectivity index (χ2v) is 9.33. The van der Waals surface area contributed by atoms with Gasteiger partial charge in [0.2, 0.25) is 5.91 Å². The zero-order chi connectivity index (χ0) is 24.9. The maximum absolute atomic E-state index is 12.8. The van der Waals surface area contributed by atoms with Gasteiger partial charge >= 0.3 is 0 Å². The molecule has 5 nitrogen and oxygen atoms in total. The Balaban J connectivity index is 1.54. The molecular weight excluding hydrogens is 436 g/mol. The van der Waals surface area contributed by atoms with Gasteiger partial charge in [-0.05, 0) is 61.6 Å². The zero-order valence-corrected chi connectivity index (χ0v) is 21.0. The molecule has 3 aromatic rings. The lowest BCUT2D eigenvalue weighted by atomic mass is 9.87. The van der Waals surface area contributed by atoms with Crippen molar-refractivity contribution >= 4 is 11.8 Å². The van der Waals surface area contributed by atoms with Crippen LogP contribution in [0.1, 0.15) is 59.7 Å². The fourth-order valence-corrected chi connectivity index (χ4v) is 4.75. The van der Waals surface area contributed by atoms with Crippen LogP contribution in [0.4, 0.5) is 0 Å². The fourth-order valence-electron chi connectivity index (χ4n) is 4.75. The van der Waals surface area contributed by atoms with Crippen LogP contribution in [-0.2, 0) is 22.6 Å². The summed E-state index contributed by atoms with van der Waals surface area (Å²) in [5, 5.41) is 2.96. The Bertz CT molecular complexity index is 1220. The first-order valence-corrected chi connectivity index (χ1v) is 12.3. The fraction of sp³-hybridized carbons (Fsp3) is 0.333. The van der Waals surface area contributed by atoms with Gasteiger partial charge in [-0.2, -0.15) is 0 Å². The van der Waals surface area contributed by atoms with Gasteiger partial charge in [0.25, 0.3) is 5.91 Å². The highest BCUT2D eigenvalue weighted by Crippen LogP contribution is 2.38. The van der Waals surface area contributed by atoms with Gasteiger partial charge < -0.3 is 15.0 Å². The van der Waals surface area contributed by atoms with E-state index in [1.54, 1.807) is 6.92 Å². The molecule has 0 bridgehead atoms. The van der Waals surface area contributed by atoms with Gasteiger partial charge in [0.15, 0.2) is 6.10 Å². The Morgan fingerprint density at radius 1 is 1.03 bits per heavy atom. The number of carbonyl (C=O) groups excluding carboxylic acids is 2. The molecule has 2 amide bonds. The molecule has 0 radical (unpaired) electrons. The second-order valence-electron chi connectivity index (χ2n) is 9.33. The molecule has 1 N–H and O–H groups in total. The van der Waals surface area contributed by atoms with Gasteiger partial charge in [-0.3, -0.25) is 9.59 Å². The predicted molar refractivity (Wildman–Crippen MR) is 138 cm³/mol. The number of benzene rings is 3. The van der Waals surface area contributed by atoms with Crippen LogP contribution in [0.5, 0.6) is 5.75 Å². The summed E-state index contributed by atoms with van der Waals surface area (Å²) in [5.74, 6) is 0.602. The van der Waals surface area contributed by atoms with E-state index in [0.717, 1.165) is 34.2 Å². The Morgan fingerprint density at radius 2 is 1.77 bits per heavy atom. The highest BCUT2D eigenvalue weighted by molar-refractivity contribution is 5.80. The SMILES string of the molecule is CCC(=O)N1CCc2ccc(O[C@@H](C)C(=O)NCc3cccc(C)c3)cc2[C@@H]1c1cccc(C)c1. The highest BCUT2D eigenvalue weighted by atomic mass is 16.5. The topological polar surface area (TPSA) is 58.6 Å². The maximum atomic E-state index is 12.8. The molecule has 0 fully saturated rings. The Morgan fingerprint density at radius 3 is 2.49 bits per heavy atom. The van der Waals surface area contributed by atoms with Crippen molar-refractivity contribution in [1.29, 1.82) is 0 Å². The summed E-state index contributed by atoms with van der Waals surface area (Å²) in [5.41, 5.74) is 6.74. The molecule has 35 heavy (non-hydrogen) atoms. The van der Waals surface area contributed by atoms with Crippen molar-refractivity contribution in [2.45, 2.75) is 59.2 Å². The lowest BCUT2D eigenvalue weighted by molar-refractivity contribution is -0.133. The van der Waals surface area contributed by atoms with E-state index in [1.165, 1.54) is 5.56 Å². The standard InChI is InChI=1S/C30H34N2O3/c1-5-28(33)32-15-14-24-12-13-26(18-27(24)29(32)25-11-7-9-21(3)17-25)35-22(4)30(34)31-19-23-10-6-8-20(2)16-23/h6-13,16-18,22,29H,5,14-15,19H2,1-4H3,(H,31,34)/t22-,29-/m0/s1. The average molecular weight is 471 g/mol. The zero-order valence-electron chi connectivity index (χ0n) is 21.0. The molecule has 0 saturated heterocycles. The lowest BCUT2D eigenvalue weighted by Gasteiger charge is -2.38. The normalized spacial score (nSPS) is 15.8. The molecule has 4 rings (SSSR count). The third-order valence-electron chi connectivity index (χ3n) is 6.56. The highest BCUT2D eigenvalue weighted by Gasteiger charge is 2.32. The molecular formula is C30H34N2O3. The van der Waals surface area contributed by atoms with Crippen LogP contribution in [0, 0.1) is 13.8 Å². The molecule has 0 aromatic heterocycles. The molecule has 3 aromatic carbocycles. The summed E-state index contributed by atoms with van der Waals surface area (Å²) < 4.78 is 6.07. The summed E-state index contributed by atoms with van der Waals surface area (Å²) in [6.07, 6.45) is 0.620. The summed E-state index contributed by atoms with van der Waals surface area (Å²) in [7, 11) is 0. The van der Waals surface area contributed by atoms with E-state index in [4.69, 9.17) is 4.74 Å². The Hall–Kier alpha value is -3.60. The van der Waals surface area contributed by atoms with E-state index >= 15 is 0 Å². The number of ether oxygens (including phenoxy) is 1. The number of nitrogens with zero attached hydrogens (tertiary/aromatic N) is 1. The minimum atomic E-state index is -0.646. The number of fused-ring (bicyclic) bond motifs is 1. The summed E-state index contributed by atoms with van der Waals surface area (Å²) in [6.45, 7) is 8.91. The number of carbonyl (C=O) groups is 2. The number of hydrogen-bond acceptors (Lipinski definition) is 3. The molecule has 0 unspecified atom stereocenters. The van der Waals surface area contributed by atoms with Gasteiger partial charge in [-0.15, -0.1) is 0 Å².